The number of hydrogen-bond donors (Lipinski definition) is 3. The molecule has 2 aromatic rings. The third kappa shape index (κ3) is 5.16. The Bertz CT molecular complexity index is 720. The van der Waals surface area contributed by atoms with Gasteiger partial charge in [0.05, 0.1) is 6.42 Å². The lowest BCUT2D eigenvalue weighted by molar-refractivity contribution is -0.121. The van der Waals surface area contributed by atoms with E-state index >= 15 is 0 Å². The average Bonchev–Trinajstić information content (AvgIpc) is 2.52. The molecule has 120 valence electrons. The largest absolute Gasteiger partial charge is 0.508 e. The highest BCUT2D eigenvalue weighted by Crippen LogP contribution is 2.24. The summed E-state index contributed by atoms with van der Waals surface area (Å²) in [6, 6.07) is 12.8. The number of rotatable bonds is 4. The number of hydrogen-bond acceptors (Lipinski definition) is 3. The topological polar surface area (TPSA) is 78.4 Å². The Balaban J connectivity index is 1.91. The maximum absolute atomic E-state index is 12.0. The maximum Gasteiger partial charge on any atom is 0.269 e. The van der Waals surface area contributed by atoms with Gasteiger partial charge in [0.25, 0.3) is 5.91 Å². The SMILES string of the molecule is O=C(Cc1cccc(O)c1)NNC(=O)c1cccc(C(Cl)Cl)c1. The first kappa shape index (κ1) is 17.1. The number of hydrazine groups is 1. The molecule has 0 saturated heterocycles. The third-order valence-electron chi connectivity index (χ3n) is 2.99. The summed E-state index contributed by atoms with van der Waals surface area (Å²) in [5.74, 6) is -0.814. The van der Waals surface area contributed by atoms with Crippen LogP contribution in [0.2, 0.25) is 0 Å². The zero-order valence-electron chi connectivity index (χ0n) is 11.9. The molecule has 0 fully saturated rings. The van der Waals surface area contributed by atoms with Crippen LogP contribution < -0.4 is 10.9 Å². The molecule has 0 heterocycles. The van der Waals surface area contributed by atoms with Gasteiger partial charge in [0.15, 0.2) is 0 Å². The Kier molecular flexibility index (Phi) is 5.84. The van der Waals surface area contributed by atoms with Crippen molar-refractivity contribution in [3.63, 3.8) is 0 Å². The number of phenolic OH excluding ortho intramolecular Hbond substituents is 1. The van der Waals surface area contributed by atoms with Crippen LogP contribution in [0.1, 0.15) is 26.3 Å². The summed E-state index contributed by atoms with van der Waals surface area (Å²) in [5, 5.41) is 9.34. The van der Waals surface area contributed by atoms with Crippen molar-refractivity contribution in [3.05, 3.63) is 65.2 Å². The predicted octanol–water partition coefficient (Wildman–Crippen LogP) is 2.87. The molecule has 0 unspecified atom stereocenters. The second kappa shape index (κ2) is 7.85. The summed E-state index contributed by atoms with van der Waals surface area (Å²) < 4.78 is 0. The van der Waals surface area contributed by atoms with E-state index < -0.39 is 16.7 Å². The van der Waals surface area contributed by atoms with Crippen LogP contribution in [0.4, 0.5) is 0 Å². The molecule has 23 heavy (non-hydrogen) atoms. The Hall–Kier alpha value is -2.24. The smallest absolute Gasteiger partial charge is 0.269 e. The zero-order valence-corrected chi connectivity index (χ0v) is 13.4. The van der Waals surface area contributed by atoms with Crippen LogP contribution in [0.3, 0.4) is 0 Å². The molecule has 0 aliphatic heterocycles. The number of carbonyl (C=O) groups is 2. The van der Waals surface area contributed by atoms with Crippen LogP contribution in [0, 0.1) is 0 Å². The fraction of sp³-hybridized carbons (Fsp3) is 0.125. The minimum Gasteiger partial charge on any atom is -0.508 e. The van der Waals surface area contributed by atoms with E-state index in [1.165, 1.54) is 12.1 Å². The highest BCUT2D eigenvalue weighted by atomic mass is 35.5. The summed E-state index contributed by atoms with van der Waals surface area (Å²) in [5.41, 5.74) is 6.17. The molecule has 2 rings (SSSR count). The van der Waals surface area contributed by atoms with Gasteiger partial charge in [-0.05, 0) is 35.4 Å². The van der Waals surface area contributed by atoms with Crippen LogP contribution >= 0.6 is 23.2 Å². The van der Waals surface area contributed by atoms with Gasteiger partial charge in [0.2, 0.25) is 5.91 Å². The number of amides is 2. The molecule has 7 heteroatoms. The van der Waals surface area contributed by atoms with Crippen LogP contribution in [-0.4, -0.2) is 16.9 Å². The van der Waals surface area contributed by atoms with Gasteiger partial charge >= 0.3 is 0 Å². The lowest BCUT2D eigenvalue weighted by atomic mass is 10.1. The molecule has 0 bridgehead atoms. The van der Waals surface area contributed by atoms with Crippen molar-refractivity contribution in [1.82, 2.24) is 10.9 Å². The van der Waals surface area contributed by atoms with Crippen LogP contribution in [0.25, 0.3) is 0 Å². The van der Waals surface area contributed by atoms with Gasteiger partial charge in [-0.1, -0.05) is 24.3 Å². The van der Waals surface area contributed by atoms with Crippen molar-refractivity contribution in [2.24, 2.45) is 0 Å². The molecule has 0 aromatic heterocycles. The first-order valence-electron chi connectivity index (χ1n) is 6.71. The lowest BCUT2D eigenvalue weighted by Gasteiger charge is -2.09. The van der Waals surface area contributed by atoms with Gasteiger partial charge in [-0.15, -0.1) is 23.2 Å². The minimum atomic E-state index is -0.733. The predicted molar refractivity (Wildman–Crippen MR) is 88.3 cm³/mol. The van der Waals surface area contributed by atoms with Gasteiger partial charge in [-0.3, -0.25) is 20.4 Å². The molecule has 3 N–H and O–H groups in total. The summed E-state index contributed by atoms with van der Waals surface area (Å²) in [6.45, 7) is 0. The van der Waals surface area contributed by atoms with E-state index in [1.807, 2.05) is 0 Å². The van der Waals surface area contributed by atoms with E-state index in [-0.39, 0.29) is 12.2 Å². The van der Waals surface area contributed by atoms with E-state index in [0.717, 1.165) is 0 Å². The fourth-order valence-corrected chi connectivity index (χ4v) is 2.18. The van der Waals surface area contributed by atoms with Crippen LogP contribution in [0.15, 0.2) is 48.5 Å². The number of alkyl halides is 2. The summed E-state index contributed by atoms with van der Waals surface area (Å²) in [4.78, 5) is 23.0. The van der Waals surface area contributed by atoms with Gasteiger partial charge < -0.3 is 5.11 Å². The van der Waals surface area contributed by atoms with E-state index in [0.29, 0.717) is 16.7 Å². The van der Waals surface area contributed by atoms with Crippen LogP contribution in [-0.2, 0) is 11.2 Å². The quantitative estimate of drug-likeness (QED) is 0.584. The van der Waals surface area contributed by atoms with Crippen molar-refractivity contribution < 1.29 is 14.7 Å². The molecule has 0 radical (unpaired) electrons. The van der Waals surface area contributed by atoms with Gasteiger partial charge in [-0.25, -0.2) is 0 Å². The molecule has 0 aliphatic carbocycles. The number of nitrogens with one attached hydrogen (secondary N) is 2. The Morgan fingerprint density at radius 2 is 1.78 bits per heavy atom. The molecule has 2 amide bonds. The summed E-state index contributed by atoms with van der Waals surface area (Å²) in [7, 11) is 0. The van der Waals surface area contributed by atoms with Crippen molar-refractivity contribution in [1.29, 1.82) is 0 Å². The third-order valence-corrected chi connectivity index (χ3v) is 3.50. The highest BCUT2D eigenvalue weighted by molar-refractivity contribution is 6.44. The maximum atomic E-state index is 12.0. The van der Waals surface area contributed by atoms with Crippen molar-refractivity contribution in [3.8, 4) is 5.75 Å². The number of aromatic hydroxyl groups is 1. The normalized spacial score (nSPS) is 10.4. The van der Waals surface area contributed by atoms with Crippen molar-refractivity contribution in [2.45, 2.75) is 11.3 Å². The fourth-order valence-electron chi connectivity index (χ4n) is 1.91. The molecule has 0 atom stereocenters. The number of benzene rings is 2. The minimum absolute atomic E-state index is 0.0279. The average molecular weight is 353 g/mol. The number of halogens is 2. The molecule has 0 saturated carbocycles. The van der Waals surface area contributed by atoms with Crippen molar-refractivity contribution >= 4 is 35.0 Å². The lowest BCUT2D eigenvalue weighted by Crippen LogP contribution is -2.42. The highest BCUT2D eigenvalue weighted by Gasteiger charge is 2.11. The first-order chi connectivity index (χ1) is 11.0. The van der Waals surface area contributed by atoms with E-state index in [4.69, 9.17) is 23.2 Å². The van der Waals surface area contributed by atoms with Gasteiger partial charge in [0.1, 0.15) is 10.6 Å². The second-order valence-electron chi connectivity index (χ2n) is 4.78. The van der Waals surface area contributed by atoms with E-state index in [1.54, 1.807) is 36.4 Å². The molecule has 0 aliphatic rings. The van der Waals surface area contributed by atoms with E-state index in [2.05, 4.69) is 10.9 Å². The summed E-state index contributed by atoms with van der Waals surface area (Å²) in [6.07, 6.45) is 0.0279. The molecule has 5 nitrogen and oxygen atoms in total. The van der Waals surface area contributed by atoms with E-state index in [9.17, 15) is 14.7 Å². The Labute approximate surface area is 143 Å². The first-order valence-corrected chi connectivity index (χ1v) is 7.58. The van der Waals surface area contributed by atoms with Crippen LogP contribution in [0.5, 0.6) is 5.75 Å². The standard InChI is InChI=1S/C16H14Cl2N2O3/c17-15(18)11-4-2-5-12(9-11)16(23)20-19-14(22)8-10-3-1-6-13(21)7-10/h1-7,9,15,21H,8H2,(H,19,22)(H,20,23). The summed E-state index contributed by atoms with van der Waals surface area (Å²) >= 11 is 11.5. The Morgan fingerprint density at radius 1 is 1.04 bits per heavy atom. The zero-order chi connectivity index (χ0) is 16.8. The monoisotopic (exact) mass is 352 g/mol. The Morgan fingerprint density at radius 3 is 2.48 bits per heavy atom. The molecule has 0 spiro atoms. The van der Waals surface area contributed by atoms with Crippen molar-refractivity contribution in [2.75, 3.05) is 0 Å². The number of phenols is 1. The number of carbonyl (C=O) groups excluding carboxylic acids is 2. The van der Waals surface area contributed by atoms with Gasteiger partial charge in [0, 0.05) is 5.56 Å². The molecule has 2 aromatic carbocycles. The molecular formula is C16H14Cl2N2O3. The molecular weight excluding hydrogens is 339 g/mol. The van der Waals surface area contributed by atoms with Gasteiger partial charge in [-0.2, -0.15) is 0 Å². The second-order valence-corrected chi connectivity index (χ2v) is 5.87.